The van der Waals surface area contributed by atoms with E-state index in [4.69, 9.17) is 4.52 Å². The van der Waals surface area contributed by atoms with Gasteiger partial charge in [-0.3, -0.25) is 9.36 Å². The Hall–Kier alpha value is -3.60. The molecule has 3 aromatic heterocycles. The molecule has 1 fully saturated rings. The van der Waals surface area contributed by atoms with Crippen molar-refractivity contribution in [3.8, 4) is 28.3 Å². The molecular weight excluding hydrogens is 467 g/mol. The Kier molecular flexibility index (Phi) is 5.86. The Balaban J connectivity index is 1.46. The van der Waals surface area contributed by atoms with Gasteiger partial charge in [-0.05, 0) is 12.1 Å². The number of nitrogens with zero attached hydrogens (tertiary/aromatic N) is 5. The van der Waals surface area contributed by atoms with Crippen LogP contribution < -0.4 is 0 Å². The summed E-state index contributed by atoms with van der Waals surface area (Å²) in [6, 6.07) is 11.8. The Bertz CT molecular complexity index is 1300. The fourth-order valence-electron chi connectivity index (χ4n) is 3.71. The van der Waals surface area contributed by atoms with Crippen LogP contribution in [0.15, 0.2) is 65.7 Å². The monoisotopic (exact) mass is 485 g/mol. The van der Waals surface area contributed by atoms with Crippen molar-refractivity contribution in [3.63, 3.8) is 0 Å². The van der Waals surface area contributed by atoms with Crippen molar-refractivity contribution in [1.29, 1.82) is 0 Å². The Morgan fingerprint density at radius 1 is 1.03 bits per heavy atom. The molecule has 1 aromatic carbocycles. The van der Waals surface area contributed by atoms with Gasteiger partial charge in [0.25, 0.3) is 5.91 Å². The summed E-state index contributed by atoms with van der Waals surface area (Å²) in [4.78, 5) is 22.9. The first-order valence-corrected chi connectivity index (χ1v) is 11.6. The second-order valence-electron chi connectivity index (χ2n) is 7.57. The SMILES string of the molecule is O=C(c1ccc(-n2cnc(-c3c(-c4ccccc4)noc3C(F)(F)F)c2)nc1)N1CCSCC1. The smallest absolute Gasteiger partial charge is 0.350 e. The fourth-order valence-corrected chi connectivity index (χ4v) is 4.61. The maximum Gasteiger partial charge on any atom is 0.453 e. The highest BCUT2D eigenvalue weighted by atomic mass is 32.2. The zero-order valence-electron chi connectivity index (χ0n) is 17.7. The first-order valence-electron chi connectivity index (χ1n) is 10.4. The summed E-state index contributed by atoms with van der Waals surface area (Å²) in [5, 5.41) is 3.68. The van der Waals surface area contributed by atoms with Crippen LogP contribution in [0.25, 0.3) is 28.3 Å². The van der Waals surface area contributed by atoms with Gasteiger partial charge in [-0.2, -0.15) is 24.9 Å². The number of aromatic nitrogens is 4. The van der Waals surface area contributed by atoms with Crippen LogP contribution in [0.5, 0.6) is 0 Å². The third-order valence-corrected chi connectivity index (χ3v) is 6.34. The number of carbonyl (C=O) groups excluding carboxylic acids is 1. The minimum Gasteiger partial charge on any atom is -0.350 e. The van der Waals surface area contributed by atoms with Crippen molar-refractivity contribution in [2.45, 2.75) is 6.18 Å². The van der Waals surface area contributed by atoms with Gasteiger partial charge in [-0.25, -0.2) is 9.97 Å². The summed E-state index contributed by atoms with van der Waals surface area (Å²) in [6.07, 6.45) is -0.482. The van der Waals surface area contributed by atoms with E-state index in [2.05, 4.69) is 15.1 Å². The number of rotatable bonds is 4. The van der Waals surface area contributed by atoms with Gasteiger partial charge in [0.2, 0.25) is 5.76 Å². The molecule has 0 aliphatic carbocycles. The van der Waals surface area contributed by atoms with Crippen LogP contribution in [0.2, 0.25) is 0 Å². The van der Waals surface area contributed by atoms with E-state index in [9.17, 15) is 18.0 Å². The maximum atomic E-state index is 13.6. The lowest BCUT2D eigenvalue weighted by molar-refractivity contribution is -0.154. The average molecular weight is 485 g/mol. The zero-order valence-corrected chi connectivity index (χ0v) is 18.5. The number of thioether (sulfide) groups is 1. The number of pyridine rings is 1. The minimum atomic E-state index is -4.74. The van der Waals surface area contributed by atoms with Crippen molar-refractivity contribution < 1.29 is 22.5 Å². The molecule has 174 valence electrons. The summed E-state index contributed by atoms with van der Waals surface area (Å²) >= 11 is 1.81. The lowest BCUT2D eigenvalue weighted by Gasteiger charge is -2.26. The van der Waals surface area contributed by atoms with Gasteiger partial charge in [0.05, 0.1) is 16.8 Å². The molecule has 34 heavy (non-hydrogen) atoms. The first-order chi connectivity index (χ1) is 16.4. The van der Waals surface area contributed by atoms with E-state index in [1.54, 1.807) is 47.4 Å². The van der Waals surface area contributed by atoms with E-state index in [0.29, 0.717) is 30.0 Å². The van der Waals surface area contributed by atoms with Crippen LogP contribution in [0.3, 0.4) is 0 Å². The van der Waals surface area contributed by atoms with Gasteiger partial charge in [0.1, 0.15) is 17.8 Å². The third kappa shape index (κ3) is 4.30. The van der Waals surface area contributed by atoms with Crippen molar-refractivity contribution >= 4 is 17.7 Å². The third-order valence-electron chi connectivity index (χ3n) is 5.39. The van der Waals surface area contributed by atoms with Crippen LogP contribution >= 0.6 is 11.8 Å². The van der Waals surface area contributed by atoms with Crippen LogP contribution in [0.4, 0.5) is 13.2 Å². The van der Waals surface area contributed by atoms with Gasteiger partial charge in [0.15, 0.2) is 0 Å². The van der Waals surface area contributed by atoms with E-state index in [1.807, 2.05) is 11.8 Å². The summed E-state index contributed by atoms with van der Waals surface area (Å²) in [6.45, 7) is 1.39. The number of benzene rings is 1. The van der Waals surface area contributed by atoms with Gasteiger partial charge < -0.3 is 9.42 Å². The number of amides is 1. The number of carbonyl (C=O) groups is 1. The van der Waals surface area contributed by atoms with Crippen molar-refractivity contribution in [2.24, 2.45) is 0 Å². The Morgan fingerprint density at radius 3 is 2.47 bits per heavy atom. The first kappa shape index (κ1) is 22.2. The normalized spacial score (nSPS) is 14.4. The maximum absolute atomic E-state index is 13.6. The standard InChI is InChI=1S/C23H18F3N5O2S/c24-23(25,26)21-19(20(29-33-21)15-4-2-1-3-5-15)17-13-31(14-28-17)18-7-6-16(12-27-18)22(32)30-8-10-34-11-9-30/h1-7,12-14H,8-11H2. The Labute approximate surface area is 196 Å². The van der Waals surface area contributed by atoms with Crippen LogP contribution in [-0.2, 0) is 6.18 Å². The van der Waals surface area contributed by atoms with Gasteiger partial charge in [-0.1, -0.05) is 35.5 Å². The molecule has 1 amide bonds. The van der Waals surface area contributed by atoms with Gasteiger partial charge in [0, 0.05) is 42.6 Å². The molecule has 1 aliphatic heterocycles. The summed E-state index contributed by atoms with van der Waals surface area (Å²) in [5.74, 6) is 0.921. The molecule has 0 bridgehead atoms. The van der Waals surface area contributed by atoms with E-state index in [1.165, 1.54) is 23.3 Å². The molecule has 11 heteroatoms. The van der Waals surface area contributed by atoms with E-state index >= 15 is 0 Å². The molecule has 0 radical (unpaired) electrons. The highest BCUT2D eigenvalue weighted by Gasteiger charge is 2.41. The topological polar surface area (TPSA) is 77.0 Å². The molecule has 1 aliphatic rings. The van der Waals surface area contributed by atoms with E-state index < -0.39 is 11.9 Å². The highest BCUT2D eigenvalue weighted by molar-refractivity contribution is 7.99. The van der Waals surface area contributed by atoms with E-state index in [-0.39, 0.29) is 22.9 Å². The van der Waals surface area contributed by atoms with Gasteiger partial charge >= 0.3 is 6.18 Å². The minimum absolute atomic E-state index is 0.0418. The molecule has 0 atom stereocenters. The average Bonchev–Trinajstić information content (AvgIpc) is 3.52. The predicted octanol–water partition coefficient (Wildman–Crippen LogP) is 4.80. The largest absolute Gasteiger partial charge is 0.453 e. The highest BCUT2D eigenvalue weighted by Crippen LogP contribution is 2.42. The number of imidazole rings is 1. The predicted molar refractivity (Wildman–Crippen MR) is 121 cm³/mol. The Morgan fingerprint density at radius 2 is 1.79 bits per heavy atom. The molecule has 5 rings (SSSR count). The lowest BCUT2D eigenvalue weighted by atomic mass is 10.0. The van der Waals surface area contributed by atoms with Crippen molar-refractivity contribution in [1.82, 2.24) is 24.6 Å². The van der Waals surface area contributed by atoms with E-state index in [0.717, 1.165) is 11.5 Å². The van der Waals surface area contributed by atoms with Crippen LogP contribution in [0.1, 0.15) is 16.1 Å². The molecular formula is C23H18F3N5O2S. The second-order valence-corrected chi connectivity index (χ2v) is 8.80. The number of hydrogen-bond donors (Lipinski definition) is 0. The van der Waals surface area contributed by atoms with Crippen molar-refractivity contribution in [3.05, 3.63) is 72.5 Å². The molecule has 7 nitrogen and oxygen atoms in total. The molecule has 0 N–H and O–H groups in total. The molecule has 1 saturated heterocycles. The summed E-state index contributed by atoms with van der Waals surface area (Å²) in [5.41, 5.74) is 0.781. The fraction of sp³-hybridized carbons (Fsp3) is 0.217. The molecule has 0 unspecified atom stereocenters. The molecule has 0 spiro atoms. The van der Waals surface area contributed by atoms with Crippen LogP contribution in [-0.4, -0.2) is 55.1 Å². The number of hydrogen-bond acceptors (Lipinski definition) is 6. The van der Waals surface area contributed by atoms with Gasteiger partial charge in [-0.15, -0.1) is 0 Å². The number of alkyl halides is 3. The summed E-state index contributed by atoms with van der Waals surface area (Å²) < 4.78 is 47.1. The quantitative estimate of drug-likeness (QED) is 0.414. The molecule has 4 aromatic rings. The number of halogens is 3. The molecule has 0 saturated carbocycles. The van der Waals surface area contributed by atoms with Crippen LogP contribution in [0, 0.1) is 0 Å². The lowest BCUT2D eigenvalue weighted by Crippen LogP contribution is -2.37. The summed E-state index contributed by atoms with van der Waals surface area (Å²) in [7, 11) is 0. The van der Waals surface area contributed by atoms with Crippen molar-refractivity contribution in [2.75, 3.05) is 24.6 Å². The second kappa shape index (κ2) is 8.98. The molecule has 4 heterocycles. The zero-order chi connectivity index (χ0) is 23.7.